The van der Waals surface area contributed by atoms with Gasteiger partial charge in [-0.15, -0.1) is 0 Å². The molecule has 18 heavy (non-hydrogen) atoms. The van der Waals surface area contributed by atoms with E-state index in [0.717, 1.165) is 19.3 Å². The third kappa shape index (κ3) is 3.43. The van der Waals surface area contributed by atoms with E-state index in [0.29, 0.717) is 19.8 Å². The first kappa shape index (κ1) is 13.8. The van der Waals surface area contributed by atoms with Gasteiger partial charge in [0.05, 0.1) is 25.7 Å². The molecule has 3 atom stereocenters. The van der Waals surface area contributed by atoms with Crippen molar-refractivity contribution in [3.05, 3.63) is 0 Å². The zero-order valence-corrected chi connectivity index (χ0v) is 11.1. The maximum Gasteiger partial charge on any atom is 0.311 e. The molecule has 0 amide bonds. The number of ether oxygens (including phenoxy) is 4. The smallest absolute Gasteiger partial charge is 0.311 e. The fourth-order valence-corrected chi connectivity index (χ4v) is 2.27. The standard InChI is InChI=1S/C13H22O5/c1-3-4-6-16-12(14)8-13(2)17-9-11-10(18-13)5-7-15-11/h10-11H,3-9H2,1-2H3. The van der Waals surface area contributed by atoms with Crippen LogP contribution in [0.25, 0.3) is 0 Å². The van der Waals surface area contributed by atoms with Gasteiger partial charge in [0.15, 0.2) is 5.79 Å². The van der Waals surface area contributed by atoms with Crippen LogP contribution in [0, 0.1) is 0 Å². The highest BCUT2D eigenvalue weighted by molar-refractivity contribution is 5.70. The van der Waals surface area contributed by atoms with Gasteiger partial charge < -0.3 is 18.9 Å². The first-order chi connectivity index (χ1) is 8.63. The average Bonchev–Trinajstić information content (AvgIpc) is 2.75. The highest BCUT2D eigenvalue weighted by Gasteiger charge is 2.44. The van der Waals surface area contributed by atoms with Crippen LogP contribution >= 0.6 is 0 Å². The number of carbonyl (C=O) groups excluding carboxylic acids is 1. The van der Waals surface area contributed by atoms with Gasteiger partial charge in [-0.1, -0.05) is 13.3 Å². The summed E-state index contributed by atoms with van der Waals surface area (Å²) >= 11 is 0. The Morgan fingerprint density at radius 2 is 2.28 bits per heavy atom. The molecule has 0 saturated carbocycles. The molecule has 5 nitrogen and oxygen atoms in total. The van der Waals surface area contributed by atoms with Gasteiger partial charge in [0, 0.05) is 6.61 Å². The van der Waals surface area contributed by atoms with Crippen LogP contribution in [0.5, 0.6) is 0 Å². The Balaban J connectivity index is 1.78. The second-order valence-corrected chi connectivity index (χ2v) is 5.05. The third-order valence-corrected chi connectivity index (χ3v) is 3.33. The summed E-state index contributed by atoms with van der Waals surface area (Å²) in [6, 6.07) is 0. The summed E-state index contributed by atoms with van der Waals surface area (Å²) in [6.07, 6.45) is 2.98. The molecular formula is C13H22O5. The third-order valence-electron chi connectivity index (χ3n) is 3.33. The molecule has 2 aliphatic heterocycles. The number of carbonyl (C=O) groups is 1. The molecule has 2 heterocycles. The van der Waals surface area contributed by atoms with Crippen molar-refractivity contribution < 1.29 is 23.7 Å². The van der Waals surface area contributed by atoms with E-state index in [1.54, 1.807) is 6.92 Å². The van der Waals surface area contributed by atoms with E-state index in [1.165, 1.54) is 0 Å². The van der Waals surface area contributed by atoms with Gasteiger partial charge in [0.2, 0.25) is 0 Å². The van der Waals surface area contributed by atoms with E-state index in [9.17, 15) is 4.79 Å². The normalized spacial score (nSPS) is 35.2. The molecule has 3 unspecified atom stereocenters. The lowest BCUT2D eigenvalue weighted by Crippen LogP contribution is -2.49. The first-order valence-electron chi connectivity index (χ1n) is 6.72. The van der Waals surface area contributed by atoms with Crippen molar-refractivity contribution in [1.82, 2.24) is 0 Å². The fourth-order valence-electron chi connectivity index (χ4n) is 2.27. The molecule has 2 rings (SSSR count). The number of fused-ring (bicyclic) bond motifs is 1. The fraction of sp³-hybridized carbons (Fsp3) is 0.923. The Kier molecular flexibility index (Phi) is 4.59. The minimum absolute atomic E-state index is 0.0224. The van der Waals surface area contributed by atoms with Crippen molar-refractivity contribution in [2.45, 2.75) is 57.5 Å². The predicted octanol–water partition coefficient (Wildman–Crippen LogP) is 1.64. The van der Waals surface area contributed by atoms with Crippen molar-refractivity contribution in [2.75, 3.05) is 19.8 Å². The van der Waals surface area contributed by atoms with Crippen molar-refractivity contribution in [2.24, 2.45) is 0 Å². The summed E-state index contributed by atoms with van der Waals surface area (Å²) in [5.74, 6) is -1.12. The van der Waals surface area contributed by atoms with Crippen LogP contribution < -0.4 is 0 Å². The second kappa shape index (κ2) is 5.99. The summed E-state index contributed by atoms with van der Waals surface area (Å²) in [6.45, 7) is 5.52. The van der Waals surface area contributed by atoms with Crippen molar-refractivity contribution in [1.29, 1.82) is 0 Å². The van der Waals surface area contributed by atoms with Crippen LogP contribution in [0.1, 0.15) is 39.5 Å². The lowest BCUT2D eigenvalue weighted by atomic mass is 10.1. The summed E-state index contributed by atoms with van der Waals surface area (Å²) < 4.78 is 22.0. The minimum atomic E-state index is -0.863. The second-order valence-electron chi connectivity index (χ2n) is 5.05. The van der Waals surface area contributed by atoms with Gasteiger partial charge in [0.1, 0.15) is 6.10 Å². The molecule has 0 aromatic rings. The van der Waals surface area contributed by atoms with Gasteiger partial charge in [-0.05, 0) is 19.8 Å². The largest absolute Gasteiger partial charge is 0.466 e. The lowest BCUT2D eigenvalue weighted by molar-refractivity contribution is -0.303. The number of hydrogen-bond donors (Lipinski definition) is 0. The summed E-state index contributed by atoms with van der Waals surface area (Å²) in [5, 5.41) is 0. The van der Waals surface area contributed by atoms with Crippen molar-refractivity contribution in [3.8, 4) is 0 Å². The molecule has 0 bridgehead atoms. The minimum Gasteiger partial charge on any atom is -0.466 e. The maximum atomic E-state index is 11.7. The van der Waals surface area contributed by atoms with Gasteiger partial charge in [-0.3, -0.25) is 4.79 Å². The quantitative estimate of drug-likeness (QED) is 0.554. The molecule has 2 saturated heterocycles. The Hall–Kier alpha value is -0.650. The summed E-state index contributed by atoms with van der Waals surface area (Å²) in [7, 11) is 0. The number of esters is 1. The van der Waals surface area contributed by atoms with Crippen LogP contribution in [0.3, 0.4) is 0 Å². The first-order valence-corrected chi connectivity index (χ1v) is 6.72. The van der Waals surface area contributed by atoms with Gasteiger partial charge >= 0.3 is 5.97 Å². The Morgan fingerprint density at radius 3 is 3.06 bits per heavy atom. The molecule has 0 aromatic heterocycles. The number of hydrogen-bond acceptors (Lipinski definition) is 5. The zero-order chi connectivity index (χ0) is 13.0. The van der Waals surface area contributed by atoms with Crippen molar-refractivity contribution >= 4 is 5.97 Å². The van der Waals surface area contributed by atoms with Gasteiger partial charge in [0.25, 0.3) is 0 Å². The van der Waals surface area contributed by atoms with E-state index in [4.69, 9.17) is 18.9 Å². The van der Waals surface area contributed by atoms with E-state index in [-0.39, 0.29) is 24.6 Å². The van der Waals surface area contributed by atoms with E-state index in [1.807, 2.05) is 0 Å². The molecule has 0 radical (unpaired) electrons. The van der Waals surface area contributed by atoms with E-state index < -0.39 is 5.79 Å². The monoisotopic (exact) mass is 258 g/mol. The van der Waals surface area contributed by atoms with Crippen molar-refractivity contribution in [3.63, 3.8) is 0 Å². The Bertz CT molecular complexity index is 293. The highest BCUT2D eigenvalue weighted by Crippen LogP contribution is 2.32. The number of rotatable bonds is 5. The van der Waals surface area contributed by atoms with E-state index in [2.05, 4.69) is 6.92 Å². The molecule has 2 fully saturated rings. The van der Waals surface area contributed by atoms with Gasteiger partial charge in [-0.25, -0.2) is 0 Å². The summed E-state index contributed by atoms with van der Waals surface area (Å²) in [4.78, 5) is 11.7. The molecular weight excluding hydrogens is 236 g/mol. The molecule has 0 aromatic carbocycles. The van der Waals surface area contributed by atoms with Crippen LogP contribution in [-0.4, -0.2) is 43.8 Å². The molecule has 5 heteroatoms. The Morgan fingerprint density at radius 1 is 1.44 bits per heavy atom. The maximum absolute atomic E-state index is 11.7. The average molecular weight is 258 g/mol. The number of unbranched alkanes of at least 4 members (excludes halogenated alkanes) is 1. The predicted molar refractivity (Wildman–Crippen MR) is 64.1 cm³/mol. The van der Waals surface area contributed by atoms with Crippen LogP contribution in [0.4, 0.5) is 0 Å². The van der Waals surface area contributed by atoms with Crippen LogP contribution in [0.15, 0.2) is 0 Å². The zero-order valence-electron chi connectivity index (χ0n) is 11.1. The van der Waals surface area contributed by atoms with Crippen LogP contribution in [0.2, 0.25) is 0 Å². The summed E-state index contributed by atoms with van der Waals surface area (Å²) in [5.41, 5.74) is 0. The van der Waals surface area contributed by atoms with Gasteiger partial charge in [-0.2, -0.15) is 0 Å². The Labute approximate surface area is 108 Å². The molecule has 0 N–H and O–H groups in total. The van der Waals surface area contributed by atoms with Crippen LogP contribution in [-0.2, 0) is 23.7 Å². The highest BCUT2D eigenvalue weighted by atomic mass is 16.7. The molecule has 2 aliphatic rings. The molecule has 104 valence electrons. The molecule has 0 aliphatic carbocycles. The SMILES string of the molecule is CCCCOC(=O)CC1(C)OCC2OCCC2O1. The molecule has 0 spiro atoms. The topological polar surface area (TPSA) is 54.0 Å². The van der Waals surface area contributed by atoms with E-state index >= 15 is 0 Å². The lowest BCUT2D eigenvalue weighted by Gasteiger charge is -2.39.